The highest BCUT2D eigenvalue weighted by Crippen LogP contribution is 2.36. The van der Waals surface area contributed by atoms with Crippen molar-refractivity contribution in [2.75, 3.05) is 13.1 Å². The molecule has 1 heterocycles. The minimum absolute atomic E-state index is 0. The molecule has 1 saturated carbocycles. The fourth-order valence-corrected chi connectivity index (χ4v) is 3.61. The first-order valence-electron chi connectivity index (χ1n) is 6.95. The van der Waals surface area contributed by atoms with Gasteiger partial charge in [0.1, 0.15) is 5.82 Å². The van der Waals surface area contributed by atoms with Crippen molar-refractivity contribution in [3.05, 3.63) is 35.6 Å². The molecule has 106 valence electrons. The monoisotopic (exact) mass is 284 g/mol. The van der Waals surface area contributed by atoms with Crippen LogP contribution >= 0.6 is 12.4 Å². The first-order valence-corrected chi connectivity index (χ1v) is 6.95. The Morgan fingerprint density at radius 3 is 2.74 bits per heavy atom. The molecule has 0 aromatic heterocycles. The Balaban J connectivity index is 0.00000133. The maximum absolute atomic E-state index is 13.6. The molecule has 1 aliphatic carbocycles. The van der Waals surface area contributed by atoms with Gasteiger partial charge >= 0.3 is 0 Å². The molecular formula is C15H22ClFN2. The van der Waals surface area contributed by atoms with Crippen molar-refractivity contribution >= 4 is 12.4 Å². The van der Waals surface area contributed by atoms with Crippen LogP contribution in [0.2, 0.25) is 0 Å². The molecule has 1 saturated heterocycles. The Morgan fingerprint density at radius 1 is 1.21 bits per heavy atom. The van der Waals surface area contributed by atoms with E-state index in [0.717, 1.165) is 37.5 Å². The van der Waals surface area contributed by atoms with Crippen molar-refractivity contribution in [2.45, 2.75) is 31.8 Å². The van der Waals surface area contributed by atoms with Gasteiger partial charge in [-0.15, -0.1) is 12.4 Å². The van der Waals surface area contributed by atoms with Gasteiger partial charge in [0, 0.05) is 31.2 Å². The van der Waals surface area contributed by atoms with Crippen LogP contribution in [-0.2, 0) is 6.54 Å². The number of hydrogen-bond donors (Lipinski definition) is 1. The number of rotatable bonds is 2. The standard InChI is InChI=1S/C15H21FN2.ClH/c16-14-6-2-1-4-12(14)9-18-8-11-5-3-7-15(17)13(11)10-18;/h1-2,4,6,11,13,15H,3,5,7-10,17H2;1H. The summed E-state index contributed by atoms with van der Waals surface area (Å²) in [5.41, 5.74) is 7.01. The number of nitrogens with two attached hydrogens (primary N) is 1. The molecule has 4 heteroatoms. The molecule has 2 N–H and O–H groups in total. The highest BCUT2D eigenvalue weighted by atomic mass is 35.5. The number of benzene rings is 1. The van der Waals surface area contributed by atoms with E-state index in [9.17, 15) is 4.39 Å². The molecule has 19 heavy (non-hydrogen) atoms. The molecule has 3 rings (SSSR count). The van der Waals surface area contributed by atoms with Crippen molar-refractivity contribution in [3.8, 4) is 0 Å². The maximum Gasteiger partial charge on any atom is 0.127 e. The molecule has 1 aromatic rings. The van der Waals surface area contributed by atoms with Crippen molar-refractivity contribution < 1.29 is 4.39 Å². The van der Waals surface area contributed by atoms with E-state index in [0.29, 0.717) is 12.0 Å². The van der Waals surface area contributed by atoms with Crippen molar-refractivity contribution in [2.24, 2.45) is 17.6 Å². The van der Waals surface area contributed by atoms with Gasteiger partial charge in [-0.1, -0.05) is 24.6 Å². The van der Waals surface area contributed by atoms with Gasteiger partial charge in [0.2, 0.25) is 0 Å². The Kier molecular flexibility index (Phi) is 4.82. The minimum atomic E-state index is -0.0864. The van der Waals surface area contributed by atoms with Crippen LogP contribution in [0.4, 0.5) is 4.39 Å². The van der Waals surface area contributed by atoms with E-state index in [4.69, 9.17) is 5.73 Å². The van der Waals surface area contributed by atoms with E-state index in [-0.39, 0.29) is 18.2 Å². The van der Waals surface area contributed by atoms with Crippen LogP contribution < -0.4 is 5.73 Å². The molecule has 1 aromatic carbocycles. The Hall–Kier alpha value is -0.640. The third-order valence-corrected chi connectivity index (χ3v) is 4.58. The third-order valence-electron chi connectivity index (χ3n) is 4.58. The van der Waals surface area contributed by atoms with Gasteiger partial charge in [0.25, 0.3) is 0 Å². The summed E-state index contributed by atoms with van der Waals surface area (Å²) in [6.45, 7) is 2.86. The molecule has 0 radical (unpaired) electrons. The summed E-state index contributed by atoms with van der Waals surface area (Å²) in [6.07, 6.45) is 3.72. The predicted molar refractivity (Wildman–Crippen MR) is 77.7 cm³/mol. The molecule has 1 aliphatic heterocycles. The smallest absolute Gasteiger partial charge is 0.127 e. The average molecular weight is 285 g/mol. The molecule has 2 nitrogen and oxygen atoms in total. The topological polar surface area (TPSA) is 29.3 Å². The largest absolute Gasteiger partial charge is 0.327 e. The average Bonchev–Trinajstić information content (AvgIpc) is 2.76. The van der Waals surface area contributed by atoms with Crippen LogP contribution in [0.5, 0.6) is 0 Å². The summed E-state index contributed by atoms with van der Waals surface area (Å²) in [5, 5.41) is 0. The Labute approximate surface area is 120 Å². The first kappa shape index (κ1) is 14.8. The molecule has 2 aliphatic rings. The van der Waals surface area contributed by atoms with Crippen LogP contribution in [0, 0.1) is 17.7 Å². The summed E-state index contributed by atoms with van der Waals surface area (Å²) in [5.74, 6) is 1.28. The van der Waals surface area contributed by atoms with Crippen molar-refractivity contribution in [3.63, 3.8) is 0 Å². The van der Waals surface area contributed by atoms with Crippen LogP contribution in [-0.4, -0.2) is 24.0 Å². The van der Waals surface area contributed by atoms with E-state index in [1.54, 1.807) is 12.1 Å². The summed E-state index contributed by atoms with van der Waals surface area (Å²) >= 11 is 0. The van der Waals surface area contributed by atoms with Gasteiger partial charge in [0.15, 0.2) is 0 Å². The summed E-state index contributed by atoms with van der Waals surface area (Å²) in [4.78, 5) is 2.37. The molecule has 2 fully saturated rings. The zero-order chi connectivity index (χ0) is 12.5. The molecule has 0 amide bonds. The van der Waals surface area contributed by atoms with E-state index < -0.39 is 0 Å². The predicted octanol–water partition coefficient (Wildman–Crippen LogP) is 2.81. The Bertz CT molecular complexity index is 426. The highest BCUT2D eigenvalue weighted by Gasteiger charge is 2.38. The quantitative estimate of drug-likeness (QED) is 0.905. The van der Waals surface area contributed by atoms with Gasteiger partial charge < -0.3 is 5.73 Å². The second-order valence-corrected chi connectivity index (χ2v) is 5.80. The molecular weight excluding hydrogens is 263 g/mol. The van der Waals surface area contributed by atoms with Gasteiger partial charge in [-0.3, -0.25) is 4.90 Å². The van der Waals surface area contributed by atoms with Crippen molar-refractivity contribution in [1.82, 2.24) is 4.90 Å². The normalized spacial score (nSPS) is 30.7. The van der Waals surface area contributed by atoms with Crippen molar-refractivity contribution in [1.29, 1.82) is 0 Å². The summed E-state index contributed by atoms with van der Waals surface area (Å²) in [7, 11) is 0. The zero-order valence-corrected chi connectivity index (χ0v) is 11.9. The summed E-state index contributed by atoms with van der Waals surface area (Å²) in [6, 6.07) is 7.45. The van der Waals surface area contributed by atoms with E-state index in [1.165, 1.54) is 12.8 Å². The maximum atomic E-state index is 13.6. The number of halogens is 2. The van der Waals surface area contributed by atoms with Crippen LogP contribution in [0.1, 0.15) is 24.8 Å². The molecule has 3 atom stereocenters. The molecule has 0 bridgehead atoms. The minimum Gasteiger partial charge on any atom is -0.327 e. The third kappa shape index (κ3) is 3.10. The zero-order valence-electron chi connectivity index (χ0n) is 11.1. The van der Waals surface area contributed by atoms with E-state index >= 15 is 0 Å². The lowest BCUT2D eigenvalue weighted by atomic mass is 9.78. The number of fused-ring (bicyclic) bond motifs is 1. The Morgan fingerprint density at radius 2 is 2.00 bits per heavy atom. The van der Waals surface area contributed by atoms with Crippen LogP contribution in [0.3, 0.4) is 0 Å². The highest BCUT2D eigenvalue weighted by molar-refractivity contribution is 5.85. The van der Waals surface area contributed by atoms with Crippen LogP contribution in [0.15, 0.2) is 24.3 Å². The fraction of sp³-hybridized carbons (Fsp3) is 0.600. The SMILES string of the molecule is Cl.NC1CCCC2CN(Cc3ccccc3F)CC12. The second-order valence-electron chi connectivity index (χ2n) is 5.80. The lowest BCUT2D eigenvalue weighted by Crippen LogP contribution is -2.38. The van der Waals surface area contributed by atoms with E-state index in [2.05, 4.69) is 4.90 Å². The van der Waals surface area contributed by atoms with Crippen LogP contribution in [0.25, 0.3) is 0 Å². The van der Waals surface area contributed by atoms with E-state index in [1.807, 2.05) is 12.1 Å². The van der Waals surface area contributed by atoms with Gasteiger partial charge in [-0.05, 0) is 30.7 Å². The fourth-order valence-electron chi connectivity index (χ4n) is 3.61. The number of nitrogens with zero attached hydrogens (tertiary/aromatic N) is 1. The molecule has 0 spiro atoms. The number of likely N-dealkylation sites (tertiary alicyclic amines) is 1. The van der Waals surface area contributed by atoms with Gasteiger partial charge in [-0.2, -0.15) is 0 Å². The number of hydrogen-bond acceptors (Lipinski definition) is 2. The van der Waals surface area contributed by atoms with Gasteiger partial charge in [-0.25, -0.2) is 4.39 Å². The second kappa shape index (κ2) is 6.21. The lowest BCUT2D eigenvalue weighted by molar-refractivity contribution is 0.259. The van der Waals surface area contributed by atoms with Gasteiger partial charge in [0.05, 0.1) is 0 Å². The lowest BCUT2D eigenvalue weighted by Gasteiger charge is -2.29. The summed E-state index contributed by atoms with van der Waals surface area (Å²) < 4.78 is 13.6. The first-order chi connectivity index (χ1) is 8.74. The molecule has 3 unspecified atom stereocenters.